The lowest BCUT2D eigenvalue weighted by Gasteiger charge is -2.23. The van der Waals surface area contributed by atoms with E-state index in [9.17, 15) is 8.42 Å². The summed E-state index contributed by atoms with van der Waals surface area (Å²) in [5, 5.41) is 12.0. The van der Waals surface area contributed by atoms with E-state index >= 15 is 0 Å². The number of rotatable bonds is 3. The molecule has 1 atom stereocenters. The molecule has 1 heterocycles. The zero-order chi connectivity index (χ0) is 13.9. The SMILES string of the molecule is Cc1cc(S(=O)(=O)NC2CCCNC2)ccc1C#N. The lowest BCUT2D eigenvalue weighted by atomic mass is 10.1. The molecule has 1 saturated heterocycles. The Hall–Kier alpha value is -1.42. The van der Waals surface area contributed by atoms with E-state index in [0.717, 1.165) is 19.4 Å². The molecule has 5 nitrogen and oxygen atoms in total. The first-order valence-electron chi connectivity index (χ1n) is 6.27. The maximum atomic E-state index is 12.2. The molecule has 1 aliphatic rings. The molecule has 0 spiro atoms. The molecular weight excluding hydrogens is 262 g/mol. The zero-order valence-electron chi connectivity index (χ0n) is 10.8. The van der Waals surface area contributed by atoms with Crippen molar-refractivity contribution >= 4 is 10.0 Å². The molecule has 19 heavy (non-hydrogen) atoms. The van der Waals surface area contributed by atoms with Gasteiger partial charge in [-0.15, -0.1) is 0 Å². The van der Waals surface area contributed by atoms with Crippen LogP contribution in [0.2, 0.25) is 0 Å². The van der Waals surface area contributed by atoms with Crippen LogP contribution in [0.4, 0.5) is 0 Å². The molecule has 0 amide bonds. The molecule has 102 valence electrons. The van der Waals surface area contributed by atoms with Crippen LogP contribution in [-0.4, -0.2) is 27.5 Å². The van der Waals surface area contributed by atoms with Crippen LogP contribution in [0.15, 0.2) is 23.1 Å². The number of nitriles is 1. The minimum atomic E-state index is -3.51. The lowest BCUT2D eigenvalue weighted by molar-refractivity contribution is 0.428. The van der Waals surface area contributed by atoms with Crippen molar-refractivity contribution in [3.05, 3.63) is 29.3 Å². The summed E-state index contributed by atoms with van der Waals surface area (Å²) in [7, 11) is -3.51. The van der Waals surface area contributed by atoms with E-state index in [4.69, 9.17) is 5.26 Å². The second-order valence-electron chi connectivity index (χ2n) is 4.75. The predicted octanol–water partition coefficient (Wildman–Crippen LogP) is 0.897. The molecule has 1 fully saturated rings. The largest absolute Gasteiger partial charge is 0.315 e. The summed E-state index contributed by atoms with van der Waals surface area (Å²) in [6.07, 6.45) is 1.82. The minimum absolute atomic E-state index is 0.0605. The molecule has 1 aromatic carbocycles. The average Bonchev–Trinajstić information content (AvgIpc) is 2.39. The molecule has 0 aliphatic carbocycles. The smallest absolute Gasteiger partial charge is 0.240 e. The maximum absolute atomic E-state index is 12.2. The summed E-state index contributed by atoms with van der Waals surface area (Å²) < 4.78 is 27.2. The van der Waals surface area contributed by atoms with E-state index in [1.165, 1.54) is 12.1 Å². The van der Waals surface area contributed by atoms with Crippen molar-refractivity contribution in [3.63, 3.8) is 0 Å². The highest BCUT2D eigenvalue weighted by atomic mass is 32.2. The van der Waals surface area contributed by atoms with Crippen LogP contribution < -0.4 is 10.0 Å². The fraction of sp³-hybridized carbons (Fsp3) is 0.462. The predicted molar refractivity (Wildman–Crippen MR) is 72.1 cm³/mol. The van der Waals surface area contributed by atoms with Gasteiger partial charge in [-0.2, -0.15) is 5.26 Å². The molecule has 0 aromatic heterocycles. The fourth-order valence-corrected chi connectivity index (χ4v) is 3.52. The molecule has 6 heteroatoms. The number of hydrogen-bond donors (Lipinski definition) is 2. The topological polar surface area (TPSA) is 82.0 Å². The molecule has 1 aliphatic heterocycles. The van der Waals surface area contributed by atoms with Gasteiger partial charge in [-0.05, 0) is 50.1 Å². The van der Waals surface area contributed by atoms with E-state index in [1.807, 2.05) is 6.07 Å². The Morgan fingerprint density at radius 1 is 1.47 bits per heavy atom. The third kappa shape index (κ3) is 3.32. The second kappa shape index (κ2) is 5.70. The van der Waals surface area contributed by atoms with Gasteiger partial charge in [0.2, 0.25) is 10.0 Å². The van der Waals surface area contributed by atoms with Gasteiger partial charge in [0.05, 0.1) is 16.5 Å². The molecule has 2 rings (SSSR count). The Bertz CT molecular complexity index is 599. The van der Waals surface area contributed by atoms with Crippen molar-refractivity contribution in [2.45, 2.75) is 30.7 Å². The van der Waals surface area contributed by atoms with Gasteiger partial charge in [0.15, 0.2) is 0 Å². The van der Waals surface area contributed by atoms with Gasteiger partial charge < -0.3 is 5.32 Å². The normalized spacial score (nSPS) is 19.9. The number of sulfonamides is 1. The van der Waals surface area contributed by atoms with Crippen LogP contribution in [0.25, 0.3) is 0 Å². The van der Waals surface area contributed by atoms with Crippen LogP contribution in [-0.2, 0) is 10.0 Å². The van der Waals surface area contributed by atoms with Gasteiger partial charge in [0, 0.05) is 12.6 Å². The van der Waals surface area contributed by atoms with E-state index in [0.29, 0.717) is 17.7 Å². The number of piperidine rings is 1. The first-order valence-corrected chi connectivity index (χ1v) is 7.75. The van der Waals surface area contributed by atoms with Gasteiger partial charge in [0.25, 0.3) is 0 Å². The van der Waals surface area contributed by atoms with Crippen LogP contribution >= 0.6 is 0 Å². The first-order chi connectivity index (χ1) is 9.03. The number of aryl methyl sites for hydroxylation is 1. The first kappa shape index (κ1) is 14.0. The summed E-state index contributed by atoms with van der Waals surface area (Å²) >= 11 is 0. The molecule has 2 N–H and O–H groups in total. The third-order valence-corrected chi connectivity index (χ3v) is 4.77. The molecule has 1 unspecified atom stereocenters. The van der Waals surface area contributed by atoms with Crippen molar-refractivity contribution in [3.8, 4) is 6.07 Å². The summed E-state index contributed by atoms with van der Waals surface area (Å²) in [5.41, 5.74) is 1.17. The number of nitrogens with one attached hydrogen (secondary N) is 2. The van der Waals surface area contributed by atoms with E-state index in [2.05, 4.69) is 10.0 Å². The molecule has 0 bridgehead atoms. The highest BCUT2D eigenvalue weighted by Crippen LogP contribution is 2.16. The van der Waals surface area contributed by atoms with Gasteiger partial charge in [-0.1, -0.05) is 0 Å². The fourth-order valence-electron chi connectivity index (χ4n) is 2.17. The van der Waals surface area contributed by atoms with Gasteiger partial charge >= 0.3 is 0 Å². The van der Waals surface area contributed by atoms with Crippen LogP contribution in [0.1, 0.15) is 24.0 Å². The number of benzene rings is 1. The standard InChI is InChI=1S/C13H17N3O2S/c1-10-7-13(5-4-11(10)8-14)19(17,18)16-12-3-2-6-15-9-12/h4-5,7,12,15-16H,2-3,6,9H2,1H3. The molecule has 0 saturated carbocycles. The van der Waals surface area contributed by atoms with E-state index < -0.39 is 10.0 Å². The van der Waals surface area contributed by atoms with E-state index in [-0.39, 0.29) is 10.9 Å². The quantitative estimate of drug-likeness (QED) is 0.861. The van der Waals surface area contributed by atoms with Crippen molar-refractivity contribution in [1.82, 2.24) is 10.0 Å². The summed E-state index contributed by atoms with van der Waals surface area (Å²) in [6.45, 7) is 3.34. The van der Waals surface area contributed by atoms with E-state index in [1.54, 1.807) is 13.0 Å². The highest BCUT2D eigenvalue weighted by molar-refractivity contribution is 7.89. The van der Waals surface area contributed by atoms with Crippen molar-refractivity contribution in [2.24, 2.45) is 0 Å². The average molecular weight is 279 g/mol. The molecular formula is C13H17N3O2S. The van der Waals surface area contributed by atoms with Crippen LogP contribution in [0.3, 0.4) is 0 Å². The monoisotopic (exact) mass is 279 g/mol. The van der Waals surface area contributed by atoms with Crippen molar-refractivity contribution < 1.29 is 8.42 Å². The Morgan fingerprint density at radius 2 is 2.26 bits per heavy atom. The Morgan fingerprint density at radius 3 is 2.84 bits per heavy atom. The van der Waals surface area contributed by atoms with Crippen LogP contribution in [0.5, 0.6) is 0 Å². The van der Waals surface area contributed by atoms with Crippen LogP contribution in [0, 0.1) is 18.3 Å². The molecule has 1 aromatic rings. The molecule has 0 radical (unpaired) electrons. The van der Waals surface area contributed by atoms with Crippen molar-refractivity contribution in [2.75, 3.05) is 13.1 Å². The summed E-state index contributed by atoms with van der Waals surface area (Å²) in [6, 6.07) is 6.53. The summed E-state index contributed by atoms with van der Waals surface area (Å²) in [4.78, 5) is 0.217. The lowest BCUT2D eigenvalue weighted by Crippen LogP contribution is -2.45. The second-order valence-corrected chi connectivity index (χ2v) is 6.47. The third-order valence-electron chi connectivity index (χ3n) is 3.25. The van der Waals surface area contributed by atoms with Crippen molar-refractivity contribution in [1.29, 1.82) is 5.26 Å². The Labute approximate surface area is 113 Å². The zero-order valence-corrected chi connectivity index (χ0v) is 11.6. The number of hydrogen-bond acceptors (Lipinski definition) is 4. The summed E-state index contributed by atoms with van der Waals surface area (Å²) in [5.74, 6) is 0. The van der Waals surface area contributed by atoms with Gasteiger partial charge in [0.1, 0.15) is 0 Å². The Balaban J connectivity index is 2.19. The highest BCUT2D eigenvalue weighted by Gasteiger charge is 2.21. The Kier molecular flexibility index (Phi) is 4.20. The minimum Gasteiger partial charge on any atom is -0.315 e. The van der Waals surface area contributed by atoms with Gasteiger partial charge in [-0.3, -0.25) is 0 Å². The maximum Gasteiger partial charge on any atom is 0.240 e. The van der Waals surface area contributed by atoms with Gasteiger partial charge in [-0.25, -0.2) is 13.1 Å². The number of nitrogens with zero attached hydrogens (tertiary/aromatic N) is 1.